The largest absolute Gasteiger partial charge is 0.465 e. The Hall–Kier alpha value is -2.06. The third-order valence-electron chi connectivity index (χ3n) is 5.27. The predicted octanol–water partition coefficient (Wildman–Crippen LogP) is 2.48. The summed E-state index contributed by atoms with van der Waals surface area (Å²) in [7, 11) is -3.09. The molecule has 0 spiro atoms. The molecule has 27 heavy (non-hydrogen) atoms. The van der Waals surface area contributed by atoms with Crippen molar-refractivity contribution in [2.24, 2.45) is 0 Å². The Labute approximate surface area is 160 Å². The summed E-state index contributed by atoms with van der Waals surface area (Å²) in [4.78, 5) is 15.4. The van der Waals surface area contributed by atoms with E-state index in [0.717, 1.165) is 17.7 Å². The van der Waals surface area contributed by atoms with Gasteiger partial charge in [-0.3, -0.25) is 4.90 Å². The number of hydrogen-bond donors (Lipinski definition) is 1. The van der Waals surface area contributed by atoms with Gasteiger partial charge in [0.25, 0.3) is 0 Å². The number of likely N-dealkylation sites (tertiary alicyclic amines) is 1. The maximum absolute atomic E-state index is 11.9. The topological polar surface area (TPSA) is 87.2 Å². The van der Waals surface area contributed by atoms with E-state index in [9.17, 15) is 18.3 Å². The van der Waals surface area contributed by atoms with Crippen molar-refractivity contribution in [3.8, 4) is 0 Å². The van der Waals surface area contributed by atoms with Gasteiger partial charge in [0.05, 0.1) is 18.5 Å². The average Bonchev–Trinajstić information content (AvgIpc) is 2.60. The molecule has 2 unspecified atom stereocenters. The number of benzene rings is 1. The number of fused-ring (bicyclic) bond motifs is 1. The smallest absolute Gasteiger partial charge is 0.409 e. The van der Waals surface area contributed by atoms with Crippen molar-refractivity contribution < 1.29 is 23.1 Å². The van der Waals surface area contributed by atoms with Gasteiger partial charge in [-0.1, -0.05) is 24.3 Å². The third-order valence-corrected chi connectivity index (χ3v) is 6.18. The van der Waals surface area contributed by atoms with Gasteiger partial charge in [0.15, 0.2) is 0 Å². The molecule has 2 aliphatic rings. The van der Waals surface area contributed by atoms with Crippen LogP contribution in [0.3, 0.4) is 0 Å². The number of para-hydroxylation sites is 1. The molecule has 0 saturated carbocycles. The molecule has 0 radical (unpaired) electrons. The van der Waals surface area contributed by atoms with Crippen LogP contribution in [0.5, 0.6) is 0 Å². The Bertz CT molecular complexity index is 838. The number of hydrogen-bond acceptors (Lipinski definition) is 5. The number of rotatable bonds is 5. The highest BCUT2D eigenvalue weighted by Gasteiger charge is 2.46. The van der Waals surface area contributed by atoms with Crippen molar-refractivity contribution in [1.82, 2.24) is 4.90 Å². The number of sulfone groups is 1. The van der Waals surface area contributed by atoms with Crippen LogP contribution in [0.4, 0.5) is 10.5 Å². The van der Waals surface area contributed by atoms with Crippen LogP contribution in [0.1, 0.15) is 25.3 Å². The van der Waals surface area contributed by atoms with Crippen molar-refractivity contribution >= 4 is 21.6 Å². The van der Waals surface area contributed by atoms with E-state index in [1.165, 1.54) is 11.2 Å². The Kier molecular flexibility index (Phi) is 5.48. The number of ether oxygens (including phenoxy) is 1. The molecule has 2 aliphatic heterocycles. The molecule has 7 nitrogen and oxygen atoms in total. The molecule has 2 atom stereocenters. The van der Waals surface area contributed by atoms with E-state index < -0.39 is 21.6 Å². The van der Waals surface area contributed by atoms with Gasteiger partial charge in [0.1, 0.15) is 15.5 Å². The van der Waals surface area contributed by atoms with Crippen LogP contribution in [0.25, 0.3) is 0 Å². The van der Waals surface area contributed by atoms with E-state index in [1.807, 2.05) is 48.4 Å². The lowest BCUT2D eigenvalue weighted by atomic mass is 9.90. The minimum atomic E-state index is -3.09. The fourth-order valence-corrected chi connectivity index (χ4v) is 4.30. The molecule has 0 aliphatic carbocycles. The molecular weight excluding hydrogens is 368 g/mol. The molecule has 8 heteroatoms. The zero-order valence-corrected chi connectivity index (χ0v) is 16.5. The number of nitrogens with zero attached hydrogens (tertiary/aromatic N) is 2. The third kappa shape index (κ3) is 4.27. The van der Waals surface area contributed by atoms with Gasteiger partial charge in [0.2, 0.25) is 0 Å². The molecule has 1 amide bonds. The maximum Gasteiger partial charge on any atom is 0.409 e. The molecule has 1 fully saturated rings. The van der Waals surface area contributed by atoms with Crippen LogP contribution in [-0.2, 0) is 21.0 Å². The minimum Gasteiger partial charge on any atom is -0.465 e. The Balaban J connectivity index is 1.85. The van der Waals surface area contributed by atoms with Crippen LogP contribution in [-0.4, -0.2) is 61.4 Å². The zero-order chi connectivity index (χ0) is 19.7. The first-order valence-corrected chi connectivity index (χ1v) is 11.1. The van der Waals surface area contributed by atoms with Crippen LogP contribution >= 0.6 is 0 Å². The van der Waals surface area contributed by atoms with E-state index in [-0.39, 0.29) is 18.5 Å². The SMILES string of the molecule is CC1(N2C=CCc3ccccc32)CC(OCCS(C)(=O)=O)CCN1C(=O)O. The second kappa shape index (κ2) is 7.52. The zero-order valence-electron chi connectivity index (χ0n) is 15.7. The predicted molar refractivity (Wildman–Crippen MR) is 104 cm³/mol. The van der Waals surface area contributed by atoms with Gasteiger partial charge in [-0.15, -0.1) is 0 Å². The molecule has 1 saturated heterocycles. The highest BCUT2D eigenvalue weighted by Crippen LogP contribution is 2.39. The minimum absolute atomic E-state index is 0.0324. The van der Waals surface area contributed by atoms with Gasteiger partial charge in [-0.2, -0.15) is 0 Å². The van der Waals surface area contributed by atoms with Crippen molar-refractivity contribution in [1.29, 1.82) is 0 Å². The lowest BCUT2D eigenvalue weighted by molar-refractivity contribution is -0.0350. The highest BCUT2D eigenvalue weighted by atomic mass is 32.2. The number of piperidine rings is 1. The van der Waals surface area contributed by atoms with Gasteiger partial charge < -0.3 is 14.7 Å². The molecule has 0 aromatic heterocycles. The molecule has 148 valence electrons. The van der Waals surface area contributed by atoms with Gasteiger partial charge in [-0.25, -0.2) is 13.2 Å². The molecule has 1 aromatic carbocycles. The van der Waals surface area contributed by atoms with Gasteiger partial charge in [-0.05, 0) is 31.4 Å². The number of amides is 1. The van der Waals surface area contributed by atoms with E-state index in [0.29, 0.717) is 19.4 Å². The van der Waals surface area contributed by atoms with Gasteiger partial charge in [0, 0.05) is 31.1 Å². The first-order valence-electron chi connectivity index (χ1n) is 9.04. The molecule has 0 bridgehead atoms. The monoisotopic (exact) mass is 394 g/mol. The first-order chi connectivity index (χ1) is 12.7. The van der Waals surface area contributed by atoms with Crippen molar-refractivity contribution in [3.05, 3.63) is 42.1 Å². The maximum atomic E-state index is 11.9. The summed E-state index contributed by atoms with van der Waals surface area (Å²) in [6.45, 7) is 2.36. The van der Waals surface area contributed by atoms with E-state index in [2.05, 4.69) is 0 Å². The highest BCUT2D eigenvalue weighted by molar-refractivity contribution is 7.90. The van der Waals surface area contributed by atoms with E-state index in [4.69, 9.17) is 4.74 Å². The Morgan fingerprint density at radius 2 is 2.11 bits per heavy atom. The first kappa shape index (κ1) is 19.7. The molecule has 1 aromatic rings. The molecular formula is C19H26N2O5S. The fraction of sp³-hybridized carbons (Fsp3) is 0.526. The second-order valence-electron chi connectivity index (χ2n) is 7.35. The number of carbonyl (C=O) groups is 1. The van der Waals surface area contributed by atoms with Crippen LogP contribution in [0.2, 0.25) is 0 Å². The molecule has 3 rings (SSSR count). The Morgan fingerprint density at radius 3 is 2.81 bits per heavy atom. The average molecular weight is 394 g/mol. The summed E-state index contributed by atoms with van der Waals surface area (Å²) in [5, 5.41) is 9.78. The summed E-state index contributed by atoms with van der Waals surface area (Å²) in [6, 6.07) is 7.97. The van der Waals surface area contributed by atoms with Crippen LogP contribution in [0.15, 0.2) is 36.5 Å². The van der Waals surface area contributed by atoms with E-state index >= 15 is 0 Å². The standard InChI is InChI=1S/C19H26N2O5S/c1-19(20-10-5-7-15-6-3-4-8-17(15)20)14-16(9-11-21(19)18(22)23)26-12-13-27(2,24)25/h3-6,8,10,16H,7,9,11-14H2,1-2H3,(H,22,23). The van der Waals surface area contributed by atoms with Crippen molar-refractivity contribution in [2.75, 3.05) is 30.1 Å². The van der Waals surface area contributed by atoms with Gasteiger partial charge >= 0.3 is 6.09 Å². The fourth-order valence-electron chi connectivity index (χ4n) is 3.90. The summed E-state index contributed by atoms with van der Waals surface area (Å²) >= 11 is 0. The van der Waals surface area contributed by atoms with Crippen molar-refractivity contribution in [2.45, 2.75) is 38.0 Å². The second-order valence-corrected chi connectivity index (χ2v) is 9.61. The quantitative estimate of drug-likeness (QED) is 0.826. The summed E-state index contributed by atoms with van der Waals surface area (Å²) in [5.74, 6) is -0.0324. The molecule has 2 heterocycles. The number of carboxylic acid groups (broad SMARTS) is 1. The summed E-state index contributed by atoms with van der Waals surface area (Å²) < 4.78 is 28.5. The summed E-state index contributed by atoms with van der Waals surface area (Å²) in [6.07, 6.45) is 5.80. The Morgan fingerprint density at radius 1 is 1.37 bits per heavy atom. The normalized spacial score (nSPS) is 25.3. The van der Waals surface area contributed by atoms with Crippen molar-refractivity contribution in [3.63, 3.8) is 0 Å². The van der Waals surface area contributed by atoms with E-state index in [1.54, 1.807) is 0 Å². The summed E-state index contributed by atoms with van der Waals surface area (Å²) in [5.41, 5.74) is 1.32. The lowest BCUT2D eigenvalue weighted by Gasteiger charge is -2.52. The van der Waals surface area contributed by atoms with Crippen LogP contribution in [0, 0.1) is 0 Å². The van der Waals surface area contributed by atoms with Crippen LogP contribution < -0.4 is 4.90 Å². The lowest BCUT2D eigenvalue weighted by Crippen LogP contribution is -2.64. The number of anilines is 1. The molecule has 1 N–H and O–H groups in total. The number of allylic oxidation sites excluding steroid dienone is 1.